The van der Waals surface area contributed by atoms with Gasteiger partial charge in [0.2, 0.25) is 5.95 Å². The lowest BCUT2D eigenvalue weighted by Gasteiger charge is -2.00. The summed E-state index contributed by atoms with van der Waals surface area (Å²) >= 11 is 0. The Balaban J connectivity index is 2.45. The highest BCUT2D eigenvalue weighted by molar-refractivity contribution is 5.79. The second-order valence-electron chi connectivity index (χ2n) is 4.46. The van der Waals surface area contributed by atoms with Gasteiger partial charge in [-0.2, -0.15) is 15.4 Å². The number of carbonyl (C=O) groups excluding carboxylic acids is 1. The van der Waals surface area contributed by atoms with E-state index in [-0.39, 0.29) is 23.7 Å². The van der Waals surface area contributed by atoms with E-state index in [4.69, 9.17) is 5.26 Å². The van der Waals surface area contributed by atoms with E-state index in [1.807, 2.05) is 0 Å². The first kappa shape index (κ1) is 16.1. The number of hydrogen-bond acceptors (Lipinski definition) is 8. The van der Waals surface area contributed by atoms with Crippen molar-refractivity contribution in [3.05, 3.63) is 20.8 Å². The predicted molar refractivity (Wildman–Crippen MR) is 77.1 cm³/mol. The summed E-state index contributed by atoms with van der Waals surface area (Å²) in [6.07, 6.45) is 0. The van der Waals surface area contributed by atoms with Crippen LogP contribution >= 0.6 is 0 Å². The lowest BCUT2D eigenvalue weighted by Crippen LogP contribution is -2.36. The highest BCUT2D eigenvalue weighted by Gasteiger charge is 2.19. The Labute approximate surface area is 128 Å². The zero-order valence-corrected chi connectivity index (χ0v) is 12.6. The molecule has 0 bridgehead atoms. The fourth-order valence-electron chi connectivity index (χ4n) is 1.82. The standard InChI is InChI=1S/C12H13N7O4/c1-4-23-10(21)6(5-13)16-17-11-14-7-8(15-11)18(2)12(22)19(3)9(7)20/h6H,4H2,1-3H3,(H,14,15)/t6-/m1/s1. The minimum atomic E-state index is -1.44. The zero-order valence-electron chi connectivity index (χ0n) is 12.6. The first-order valence-corrected chi connectivity index (χ1v) is 6.53. The van der Waals surface area contributed by atoms with Gasteiger partial charge < -0.3 is 9.72 Å². The van der Waals surface area contributed by atoms with E-state index in [1.165, 1.54) is 18.7 Å². The molecule has 0 aliphatic rings. The van der Waals surface area contributed by atoms with Crippen molar-refractivity contribution in [2.45, 2.75) is 13.0 Å². The summed E-state index contributed by atoms with van der Waals surface area (Å²) in [7, 11) is 2.78. The van der Waals surface area contributed by atoms with Gasteiger partial charge in [0.25, 0.3) is 11.6 Å². The average molecular weight is 319 g/mol. The van der Waals surface area contributed by atoms with Crippen LogP contribution < -0.4 is 11.2 Å². The number of azo groups is 1. The van der Waals surface area contributed by atoms with Crippen LogP contribution in [0.25, 0.3) is 11.2 Å². The van der Waals surface area contributed by atoms with Crippen LogP contribution in [-0.4, -0.2) is 37.7 Å². The summed E-state index contributed by atoms with van der Waals surface area (Å²) in [6, 6.07) is 0.199. The number of esters is 1. The van der Waals surface area contributed by atoms with Crippen molar-refractivity contribution in [2.24, 2.45) is 24.3 Å². The van der Waals surface area contributed by atoms with Gasteiger partial charge in [-0.05, 0) is 6.92 Å². The van der Waals surface area contributed by atoms with Crippen molar-refractivity contribution in [2.75, 3.05) is 6.61 Å². The monoisotopic (exact) mass is 319 g/mol. The first-order chi connectivity index (χ1) is 10.9. The molecular weight excluding hydrogens is 306 g/mol. The molecule has 0 aromatic carbocycles. The molecule has 11 heteroatoms. The number of nitrogens with one attached hydrogen (secondary N) is 1. The van der Waals surface area contributed by atoms with Crippen molar-refractivity contribution in [1.82, 2.24) is 19.1 Å². The van der Waals surface area contributed by atoms with E-state index in [1.54, 1.807) is 13.0 Å². The number of H-pyrrole nitrogens is 1. The number of ether oxygens (including phenoxy) is 1. The van der Waals surface area contributed by atoms with Crippen molar-refractivity contribution in [1.29, 1.82) is 5.26 Å². The summed E-state index contributed by atoms with van der Waals surface area (Å²) in [6.45, 7) is 1.70. The number of carbonyl (C=O) groups is 1. The maximum absolute atomic E-state index is 12.0. The Morgan fingerprint density at radius 1 is 1.43 bits per heavy atom. The second kappa shape index (κ2) is 6.22. The van der Waals surface area contributed by atoms with Crippen LogP contribution in [0.15, 0.2) is 19.8 Å². The quantitative estimate of drug-likeness (QED) is 0.593. The molecule has 0 saturated carbocycles. The van der Waals surface area contributed by atoms with E-state index in [0.29, 0.717) is 0 Å². The first-order valence-electron chi connectivity index (χ1n) is 6.53. The third-order valence-electron chi connectivity index (χ3n) is 2.98. The normalized spacial score (nSPS) is 12.4. The van der Waals surface area contributed by atoms with Gasteiger partial charge in [0.15, 0.2) is 11.2 Å². The number of fused-ring (bicyclic) bond motifs is 1. The lowest BCUT2D eigenvalue weighted by molar-refractivity contribution is -0.143. The van der Waals surface area contributed by atoms with Crippen molar-refractivity contribution < 1.29 is 9.53 Å². The number of hydrogen-bond donors (Lipinski definition) is 1. The molecule has 1 atom stereocenters. The second-order valence-corrected chi connectivity index (χ2v) is 4.46. The summed E-state index contributed by atoms with van der Waals surface area (Å²) in [5.74, 6) is -0.943. The van der Waals surface area contributed by atoms with Crippen molar-refractivity contribution in [3.8, 4) is 6.07 Å². The Kier molecular flexibility index (Phi) is 4.35. The third-order valence-corrected chi connectivity index (χ3v) is 2.98. The molecule has 2 rings (SSSR count). The number of imidazole rings is 1. The summed E-state index contributed by atoms with van der Waals surface area (Å²) in [5.41, 5.74) is -0.955. The molecule has 0 fully saturated rings. The highest BCUT2D eigenvalue weighted by Crippen LogP contribution is 2.12. The van der Waals surface area contributed by atoms with Gasteiger partial charge in [-0.3, -0.25) is 13.9 Å². The van der Waals surface area contributed by atoms with Gasteiger partial charge in [-0.1, -0.05) is 0 Å². The van der Waals surface area contributed by atoms with E-state index < -0.39 is 23.3 Å². The molecule has 2 aromatic rings. The fraction of sp³-hybridized carbons (Fsp3) is 0.417. The van der Waals surface area contributed by atoms with Gasteiger partial charge in [0.1, 0.15) is 6.07 Å². The fourth-order valence-corrected chi connectivity index (χ4v) is 1.82. The zero-order chi connectivity index (χ0) is 17.1. The molecule has 0 saturated heterocycles. The van der Waals surface area contributed by atoms with E-state index >= 15 is 0 Å². The summed E-state index contributed by atoms with van der Waals surface area (Å²) < 4.78 is 6.75. The van der Waals surface area contributed by atoms with Crippen LogP contribution in [0.3, 0.4) is 0 Å². The molecular formula is C12H13N7O4. The predicted octanol–water partition coefficient (Wildman–Crippen LogP) is -0.501. The van der Waals surface area contributed by atoms with Gasteiger partial charge >= 0.3 is 11.7 Å². The van der Waals surface area contributed by atoms with Gasteiger partial charge in [0.05, 0.1) is 6.61 Å². The number of aryl methyl sites for hydroxylation is 1. The third kappa shape index (κ3) is 2.86. The Hall–Kier alpha value is -3.29. The molecule has 1 N–H and O–H groups in total. The Morgan fingerprint density at radius 3 is 2.74 bits per heavy atom. The average Bonchev–Trinajstić information content (AvgIpc) is 2.96. The largest absolute Gasteiger partial charge is 0.464 e. The van der Waals surface area contributed by atoms with Gasteiger partial charge in [-0.15, -0.1) is 5.11 Å². The van der Waals surface area contributed by atoms with E-state index in [2.05, 4.69) is 24.9 Å². The molecule has 23 heavy (non-hydrogen) atoms. The van der Waals surface area contributed by atoms with Crippen LogP contribution in [0.4, 0.5) is 5.95 Å². The molecule has 0 spiro atoms. The van der Waals surface area contributed by atoms with Crippen LogP contribution in [0.1, 0.15) is 6.92 Å². The van der Waals surface area contributed by atoms with Crippen LogP contribution in [0.5, 0.6) is 0 Å². The molecule has 0 aliphatic heterocycles. The maximum atomic E-state index is 12.0. The number of rotatable bonds is 4. The topological polar surface area (TPSA) is 147 Å². The van der Waals surface area contributed by atoms with E-state index in [0.717, 1.165) is 4.57 Å². The number of nitriles is 1. The molecule has 2 aromatic heterocycles. The SMILES string of the molecule is CCOC(=O)[C@@H](C#N)N=Nc1nc2c([nH]1)c(=O)n(C)c(=O)n2C. The smallest absolute Gasteiger partial charge is 0.347 e. The van der Waals surface area contributed by atoms with Gasteiger partial charge in [-0.25, -0.2) is 9.59 Å². The number of aromatic nitrogens is 4. The molecule has 0 unspecified atom stereocenters. The molecule has 11 nitrogen and oxygen atoms in total. The molecule has 2 heterocycles. The van der Waals surface area contributed by atoms with Crippen molar-refractivity contribution >= 4 is 23.1 Å². The van der Waals surface area contributed by atoms with Gasteiger partial charge in [0, 0.05) is 14.1 Å². The Bertz CT molecular complexity index is 943. The van der Waals surface area contributed by atoms with E-state index in [9.17, 15) is 14.4 Å². The van der Waals surface area contributed by atoms with Crippen LogP contribution in [0.2, 0.25) is 0 Å². The highest BCUT2D eigenvalue weighted by atomic mass is 16.5. The maximum Gasteiger partial charge on any atom is 0.347 e. The van der Waals surface area contributed by atoms with Crippen LogP contribution in [-0.2, 0) is 23.6 Å². The minimum Gasteiger partial charge on any atom is -0.464 e. The molecule has 0 amide bonds. The van der Waals surface area contributed by atoms with Crippen LogP contribution in [0, 0.1) is 11.3 Å². The Morgan fingerprint density at radius 2 is 2.13 bits per heavy atom. The number of aromatic amines is 1. The minimum absolute atomic E-state index is 0.0631. The summed E-state index contributed by atoms with van der Waals surface area (Å²) in [4.78, 5) is 41.8. The van der Waals surface area contributed by atoms with Crippen molar-refractivity contribution in [3.63, 3.8) is 0 Å². The molecule has 120 valence electrons. The molecule has 0 aliphatic carbocycles. The summed E-state index contributed by atoms with van der Waals surface area (Å²) in [5, 5.41) is 16.0. The lowest BCUT2D eigenvalue weighted by atomic mass is 10.4. The number of nitrogens with zero attached hydrogens (tertiary/aromatic N) is 6. The molecule has 0 radical (unpaired) electrons.